The van der Waals surface area contributed by atoms with E-state index >= 15 is 0 Å². The average Bonchev–Trinajstić information content (AvgIpc) is 2.84. The summed E-state index contributed by atoms with van der Waals surface area (Å²) in [6.45, 7) is 3.79. The van der Waals surface area contributed by atoms with Crippen molar-refractivity contribution in [2.75, 3.05) is 24.9 Å². The Labute approximate surface area is 199 Å². The fourth-order valence-corrected chi connectivity index (χ4v) is 3.35. The van der Waals surface area contributed by atoms with Crippen LogP contribution in [0.25, 0.3) is 0 Å². The van der Waals surface area contributed by atoms with Crippen LogP contribution in [0.5, 0.6) is 11.5 Å². The molecule has 0 aliphatic carbocycles. The van der Waals surface area contributed by atoms with Crippen molar-refractivity contribution in [2.24, 2.45) is 0 Å². The summed E-state index contributed by atoms with van der Waals surface area (Å²) in [6, 6.07) is 20.9. The van der Waals surface area contributed by atoms with E-state index in [9.17, 15) is 9.59 Å². The minimum absolute atomic E-state index is 0.197. The van der Waals surface area contributed by atoms with E-state index in [0.29, 0.717) is 11.4 Å². The first kappa shape index (κ1) is 24.4. The number of rotatable bonds is 8. The van der Waals surface area contributed by atoms with E-state index < -0.39 is 0 Å². The lowest BCUT2D eigenvalue weighted by Gasteiger charge is -2.17. The van der Waals surface area contributed by atoms with E-state index in [-0.39, 0.29) is 24.1 Å². The van der Waals surface area contributed by atoms with Crippen LogP contribution in [0, 0.1) is 0 Å². The summed E-state index contributed by atoms with van der Waals surface area (Å²) >= 11 is 0. The molecule has 8 heteroatoms. The van der Waals surface area contributed by atoms with Gasteiger partial charge in [-0.1, -0.05) is 30.3 Å². The van der Waals surface area contributed by atoms with Gasteiger partial charge in [0.1, 0.15) is 11.5 Å². The predicted octanol–water partition coefficient (Wildman–Crippen LogP) is 5.47. The number of carbonyl (C=O) groups excluding carboxylic acids is 2. The van der Waals surface area contributed by atoms with Crippen LogP contribution in [0.15, 0.2) is 72.8 Å². The van der Waals surface area contributed by atoms with E-state index in [2.05, 4.69) is 21.3 Å². The summed E-state index contributed by atoms with van der Waals surface area (Å²) in [5.74, 6) is 1.51. The third-order valence-corrected chi connectivity index (χ3v) is 5.31. The van der Waals surface area contributed by atoms with Crippen LogP contribution in [0.1, 0.15) is 37.1 Å². The third-order valence-electron chi connectivity index (χ3n) is 5.31. The molecule has 3 aromatic carbocycles. The molecular weight excluding hydrogens is 432 g/mol. The van der Waals surface area contributed by atoms with Gasteiger partial charge in [-0.2, -0.15) is 0 Å². The van der Waals surface area contributed by atoms with Crippen molar-refractivity contribution >= 4 is 23.4 Å². The van der Waals surface area contributed by atoms with Crippen molar-refractivity contribution in [3.63, 3.8) is 0 Å². The van der Waals surface area contributed by atoms with Crippen LogP contribution in [0.4, 0.5) is 21.0 Å². The van der Waals surface area contributed by atoms with Gasteiger partial charge in [0.25, 0.3) is 0 Å². The van der Waals surface area contributed by atoms with Crippen LogP contribution in [-0.2, 0) is 0 Å². The van der Waals surface area contributed by atoms with Crippen LogP contribution in [0.3, 0.4) is 0 Å². The number of urea groups is 2. The highest BCUT2D eigenvalue weighted by molar-refractivity contribution is 5.93. The van der Waals surface area contributed by atoms with Gasteiger partial charge in [-0.3, -0.25) is 0 Å². The van der Waals surface area contributed by atoms with Gasteiger partial charge in [-0.25, -0.2) is 9.59 Å². The molecule has 4 N–H and O–H groups in total. The van der Waals surface area contributed by atoms with Gasteiger partial charge < -0.3 is 30.7 Å². The van der Waals surface area contributed by atoms with Crippen molar-refractivity contribution in [1.82, 2.24) is 10.6 Å². The monoisotopic (exact) mass is 462 g/mol. The molecule has 0 unspecified atom stereocenters. The standard InChI is InChI=1S/C26H30N4O4/c1-17(19-8-12-23(33-3)13-9-19)27-25(31)29-21-6-5-7-22(16-21)30-26(32)28-18(2)20-10-14-24(34-4)15-11-20/h5-18H,1-4H3,(H2,27,29,31)(H2,28,30,32)/t17-,18-/m1/s1. The molecule has 2 atom stereocenters. The van der Waals surface area contributed by atoms with Gasteiger partial charge in [-0.15, -0.1) is 0 Å². The number of nitrogens with one attached hydrogen (secondary N) is 4. The summed E-state index contributed by atoms with van der Waals surface area (Å²) in [6.07, 6.45) is 0. The van der Waals surface area contributed by atoms with E-state index in [1.54, 1.807) is 38.5 Å². The molecule has 0 aromatic heterocycles. The number of anilines is 2. The number of carbonyl (C=O) groups is 2. The van der Waals surface area contributed by atoms with E-state index in [1.807, 2.05) is 62.4 Å². The maximum atomic E-state index is 12.4. The number of hydrogen-bond donors (Lipinski definition) is 4. The number of benzene rings is 3. The molecule has 0 aliphatic heterocycles. The summed E-state index contributed by atoms with van der Waals surface area (Å²) < 4.78 is 10.3. The SMILES string of the molecule is COc1ccc([C@@H](C)NC(=O)Nc2cccc(NC(=O)N[C@H](C)c3ccc(OC)cc3)c2)cc1. The molecule has 3 rings (SSSR count). The zero-order valence-corrected chi connectivity index (χ0v) is 19.7. The predicted molar refractivity (Wildman–Crippen MR) is 134 cm³/mol. The Morgan fingerprint density at radius 2 is 1.03 bits per heavy atom. The molecule has 34 heavy (non-hydrogen) atoms. The lowest BCUT2D eigenvalue weighted by molar-refractivity contribution is 0.248. The fourth-order valence-electron chi connectivity index (χ4n) is 3.35. The quantitative estimate of drug-likeness (QED) is 0.357. The van der Waals surface area contributed by atoms with Crippen molar-refractivity contribution in [1.29, 1.82) is 0 Å². The minimum Gasteiger partial charge on any atom is -0.497 e. The maximum absolute atomic E-state index is 12.4. The average molecular weight is 463 g/mol. The highest BCUT2D eigenvalue weighted by Crippen LogP contribution is 2.20. The first-order valence-corrected chi connectivity index (χ1v) is 10.9. The lowest BCUT2D eigenvalue weighted by atomic mass is 10.1. The molecule has 0 bridgehead atoms. The van der Waals surface area contributed by atoms with Gasteiger partial charge >= 0.3 is 12.1 Å². The first-order chi connectivity index (χ1) is 16.4. The molecule has 0 radical (unpaired) electrons. The molecule has 0 saturated heterocycles. The van der Waals surface area contributed by atoms with E-state index in [1.165, 1.54) is 0 Å². The second-order valence-corrected chi connectivity index (χ2v) is 7.77. The molecule has 0 saturated carbocycles. The third kappa shape index (κ3) is 6.90. The van der Waals surface area contributed by atoms with Crippen molar-refractivity contribution in [3.05, 3.63) is 83.9 Å². The van der Waals surface area contributed by atoms with Crippen LogP contribution in [0.2, 0.25) is 0 Å². The molecule has 4 amide bonds. The molecule has 0 aliphatic rings. The maximum Gasteiger partial charge on any atom is 0.319 e. The normalized spacial score (nSPS) is 12.1. The molecule has 178 valence electrons. The summed E-state index contributed by atoms with van der Waals surface area (Å²) in [5.41, 5.74) is 3.02. The van der Waals surface area contributed by atoms with Gasteiger partial charge in [0.15, 0.2) is 0 Å². The van der Waals surface area contributed by atoms with Crippen LogP contribution >= 0.6 is 0 Å². The zero-order valence-electron chi connectivity index (χ0n) is 19.7. The van der Waals surface area contributed by atoms with Crippen LogP contribution < -0.4 is 30.7 Å². The highest BCUT2D eigenvalue weighted by Gasteiger charge is 2.12. The summed E-state index contributed by atoms with van der Waals surface area (Å²) in [5, 5.41) is 11.4. The summed E-state index contributed by atoms with van der Waals surface area (Å²) in [7, 11) is 3.22. The zero-order chi connectivity index (χ0) is 24.5. The topological polar surface area (TPSA) is 101 Å². The lowest BCUT2D eigenvalue weighted by Crippen LogP contribution is -2.32. The smallest absolute Gasteiger partial charge is 0.319 e. The Morgan fingerprint density at radius 1 is 0.647 bits per heavy atom. The van der Waals surface area contributed by atoms with Crippen molar-refractivity contribution in [2.45, 2.75) is 25.9 Å². The Morgan fingerprint density at radius 3 is 1.38 bits per heavy atom. The number of hydrogen-bond acceptors (Lipinski definition) is 4. The molecule has 0 spiro atoms. The number of amides is 4. The molecule has 0 heterocycles. The second kappa shape index (κ2) is 11.6. The Hall–Kier alpha value is -4.20. The van der Waals surface area contributed by atoms with Crippen molar-refractivity contribution < 1.29 is 19.1 Å². The van der Waals surface area contributed by atoms with Gasteiger partial charge in [0.05, 0.1) is 26.3 Å². The molecule has 0 fully saturated rings. The Bertz CT molecular complexity index is 1020. The highest BCUT2D eigenvalue weighted by atomic mass is 16.5. The van der Waals surface area contributed by atoms with Gasteiger partial charge in [0.2, 0.25) is 0 Å². The summed E-state index contributed by atoms with van der Waals surface area (Å²) in [4.78, 5) is 24.9. The fraction of sp³-hybridized carbons (Fsp3) is 0.231. The Balaban J connectivity index is 1.52. The largest absolute Gasteiger partial charge is 0.497 e. The van der Waals surface area contributed by atoms with Gasteiger partial charge in [0, 0.05) is 11.4 Å². The van der Waals surface area contributed by atoms with E-state index in [0.717, 1.165) is 22.6 Å². The van der Waals surface area contributed by atoms with Gasteiger partial charge in [-0.05, 0) is 67.4 Å². The molecular formula is C26H30N4O4. The number of methoxy groups -OCH3 is 2. The molecule has 3 aromatic rings. The number of ether oxygens (including phenoxy) is 2. The van der Waals surface area contributed by atoms with E-state index in [4.69, 9.17) is 9.47 Å². The molecule has 8 nitrogen and oxygen atoms in total. The van der Waals surface area contributed by atoms with Crippen LogP contribution in [-0.4, -0.2) is 26.3 Å². The first-order valence-electron chi connectivity index (χ1n) is 10.9. The Kier molecular flexibility index (Phi) is 8.34. The second-order valence-electron chi connectivity index (χ2n) is 7.77. The van der Waals surface area contributed by atoms with Crippen molar-refractivity contribution in [3.8, 4) is 11.5 Å². The minimum atomic E-state index is -0.349.